The summed E-state index contributed by atoms with van der Waals surface area (Å²) < 4.78 is 63.9. The fourth-order valence-corrected chi connectivity index (χ4v) is 3.03. The Balaban J connectivity index is 1.90. The molecule has 5 nitrogen and oxygen atoms in total. The fourth-order valence-electron chi connectivity index (χ4n) is 3.03. The normalized spacial score (nSPS) is 11.5. The van der Waals surface area contributed by atoms with Crippen molar-refractivity contribution in [1.29, 1.82) is 5.26 Å². The predicted molar refractivity (Wildman–Crippen MR) is 117 cm³/mol. The minimum atomic E-state index is -4.69. The Hall–Kier alpha value is -4.32. The Kier molecular flexibility index (Phi) is 7.53. The van der Waals surface area contributed by atoms with Crippen LogP contribution in [0.15, 0.2) is 72.3 Å². The van der Waals surface area contributed by atoms with Crippen LogP contribution in [0.5, 0.6) is 11.5 Å². The zero-order valence-corrected chi connectivity index (χ0v) is 17.8. The number of hydrogen-bond donors (Lipinski definition) is 1. The number of amides is 1. The molecular weight excluding hydrogens is 452 g/mol. The van der Waals surface area contributed by atoms with Crippen LogP contribution in [-0.4, -0.2) is 13.0 Å². The summed E-state index contributed by atoms with van der Waals surface area (Å²) in [5.74, 6) is -0.922. The Morgan fingerprint density at radius 1 is 1.06 bits per heavy atom. The molecule has 0 unspecified atom stereocenters. The van der Waals surface area contributed by atoms with Gasteiger partial charge in [-0.25, -0.2) is 4.39 Å². The van der Waals surface area contributed by atoms with Gasteiger partial charge in [-0.3, -0.25) is 4.79 Å². The molecule has 0 aliphatic heterocycles. The minimum absolute atomic E-state index is 0.0362. The molecule has 0 fully saturated rings. The third-order valence-electron chi connectivity index (χ3n) is 4.67. The van der Waals surface area contributed by atoms with E-state index in [2.05, 4.69) is 5.32 Å². The number of carbonyl (C=O) groups is 1. The van der Waals surface area contributed by atoms with Crippen LogP contribution in [-0.2, 0) is 17.6 Å². The van der Waals surface area contributed by atoms with E-state index in [1.54, 1.807) is 24.3 Å². The van der Waals surface area contributed by atoms with E-state index in [-0.39, 0.29) is 17.9 Å². The summed E-state index contributed by atoms with van der Waals surface area (Å²) in [6.45, 7) is 0.0362. The number of nitriles is 1. The number of nitrogens with one attached hydrogen (secondary N) is 1. The molecule has 0 aromatic heterocycles. The number of carbonyl (C=O) groups excluding carboxylic acids is 1. The maximum absolute atomic E-state index is 13.2. The topological polar surface area (TPSA) is 71.3 Å². The second kappa shape index (κ2) is 10.5. The Labute approximate surface area is 192 Å². The number of anilines is 1. The van der Waals surface area contributed by atoms with Gasteiger partial charge in [-0.1, -0.05) is 36.4 Å². The molecule has 0 aliphatic carbocycles. The van der Waals surface area contributed by atoms with Crippen molar-refractivity contribution in [2.75, 3.05) is 12.4 Å². The van der Waals surface area contributed by atoms with Gasteiger partial charge in [0.1, 0.15) is 24.1 Å². The Morgan fingerprint density at radius 3 is 2.41 bits per heavy atom. The van der Waals surface area contributed by atoms with Gasteiger partial charge in [-0.2, -0.15) is 18.4 Å². The number of methoxy groups -OCH3 is 1. The molecular formula is C25H18F4N2O3. The molecule has 0 atom stereocenters. The van der Waals surface area contributed by atoms with Gasteiger partial charge in [0.15, 0.2) is 11.5 Å². The zero-order valence-electron chi connectivity index (χ0n) is 17.8. The molecule has 174 valence electrons. The number of para-hydroxylation sites is 2. The highest BCUT2D eigenvalue weighted by Gasteiger charge is 2.33. The lowest BCUT2D eigenvalue weighted by Crippen LogP contribution is -2.17. The summed E-state index contributed by atoms with van der Waals surface area (Å²) in [5.41, 5.74) is -1.01. The van der Waals surface area contributed by atoms with Gasteiger partial charge in [-0.05, 0) is 42.0 Å². The summed E-state index contributed by atoms with van der Waals surface area (Å²) in [4.78, 5) is 12.6. The first-order chi connectivity index (χ1) is 16.2. The lowest BCUT2D eigenvalue weighted by molar-refractivity contribution is -0.137. The van der Waals surface area contributed by atoms with Crippen molar-refractivity contribution in [3.05, 3.63) is 94.8 Å². The zero-order chi connectivity index (χ0) is 24.7. The number of nitrogens with zero attached hydrogens (tertiary/aromatic N) is 1. The highest BCUT2D eigenvalue weighted by atomic mass is 19.4. The van der Waals surface area contributed by atoms with Gasteiger partial charge in [0, 0.05) is 5.56 Å². The SMILES string of the molecule is COc1cccc(C=C(C#N)C(=O)Nc2ccccc2C(F)(F)F)c1OCc1ccc(F)cc1. The Morgan fingerprint density at radius 2 is 1.76 bits per heavy atom. The molecule has 0 radical (unpaired) electrons. The third kappa shape index (κ3) is 5.92. The first-order valence-corrected chi connectivity index (χ1v) is 9.86. The molecule has 1 amide bonds. The molecule has 3 rings (SSSR count). The van der Waals surface area contributed by atoms with Crippen molar-refractivity contribution in [2.24, 2.45) is 0 Å². The monoisotopic (exact) mass is 470 g/mol. The molecule has 0 saturated carbocycles. The van der Waals surface area contributed by atoms with Gasteiger partial charge in [0.25, 0.3) is 5.91 Å². The lowest BCUT2D eigenvalue weighted by atomic mass is 10.1. The van der Waals surface area contributed by atoms with E-state index >= 15 is 0 Å². The molecule has 3 aromatic carbocycles. The van der Waals surface area contributed by atoms with Crippen LogP contribution in [0, 0.1) is 17.1 Å². The van der Waals surface area contributed by atoms with Gasteiger partial charge in [-0.15, -0.1) is 0 Å². The van der Waals surface area contributed by atoms with Gasteiger partial charge < -0.3 is 14.8 Å². The molecule has 0 saturated heterocycles. The number of alkyl halides is 3. The average molecular weight is 470 g/mol. The number of hydrogen-bond acceptors (Lipinski definition) is 4. The minimum Gasteiger partial charge on any atom is -0.493 e. The van der Waals surface area contributed by atoms with E-state index in [9.17, 15) is 27.6 Å². The van der Waals surface area contributed by atoms with Crippen molar-refractivity contribution in [1.82, 2.24) is 0 Å². The first-order valence-electron chi connectivity index (χ1n) is 9.86. The molecule has 3 aromatic rings. The lowest BCUT2D eigenvalue weighted by Gasteiger charge is -2.15. The van der Waals surface area contributed by atoms with Crippen LogP contribution in [0.3, 0.4) is 0 Å². The van der Waals surface area contributed by atoms with Crippen molar-refractivity contribution in [2.45, 2.75) is 12.8 Å². The molecule has 9 heteroatoms. The summed E-state index contributed by atoms with van der Waals surface area (Å²) in [5, 5.41) is 11.6. The van der Waals surface area contributed by atoms with E-state index in [4.69, 9.17) is 9.47 Å². The fraction of sp³-hybridized carbons (Fsp3) is 0.120. The highest BCUT2D eigenvalue weighted by Crippen LogP contribution is 2.36. The molecule has 0 aliphatic rings. The van der Waals surface area contributed by atoms with E-state index in [1.165, 1.54) is 49.6 Å². The van der Waals surface area contributed by atoms with Crippen molar-refractivity contribution < 1.29 is 31.8 Å². The molecule has 0 spiro atoms. The number of rotatable bonds is 7. The first kappa shape index (κ1) is 24.3. The van der Waals surface area contributed by atoms with Crippen LogP contribution < -0.4 is 14.8 Å². The summed E-state index contributed by atoms with van der Waals surface area (Å²) in [6.07, 6.45) is -3.50. The molecule has 1 N–H and O–H groups in total. The van der Waals surface area contributed by atoms with Crippen LogP contribution in [0.1, 0.15) is 16.7 Å². The molecule has 0 heterocycles. The quantitative estimate of drug-likeness (QED) is 0.262. The van der Waals surface area contributed by atoms with E-state index in [1.807, 2.05) is 0 Å². The maximum Gasteiger partial charge on any atom is 0.418 e. The van der Waals surface area contributed by atoms with Crippen LogP contribution in [0.25, 0.3) is 6.08 Å². The average Bonchev–Trinajstić information content (AvgIpc) is 2.82. The standard InChI is InChI=1S/C25H18F4N2O3/c1-33-22-8-4-5-17(23(22)34-15-16-9-11-19(26)12-10-16)13-18(14-30)24(32)31-21-7-3-2-6-20(21)25(27,28)29/h2-13H,15H2,1H3,(H,31,32). The van der Waals surface area contributed by atoms with Crippen molar-refractivity contribution in [3.8, 4) is 17.6 Å². The summed E-state index contributed by atoms with van der Waals surface area (Å²) in [6, 6.07) is 16.5. The molecule has 0 bridgehead atoms. The van der Waals surface area contributed by atoms with Crippen LogP contribution in [0.2, 0.25) is 0 Å². The maximum atomic E-state index is 13.2. The number of halogens is 4. The smallest absolute Gasteiger partial charge is 0.418 e. The predicted octanol–water partition coefficient (Wildman–Crippen LogP) is 5.98. The van der Waals surface area contributed by atoms with Gasteiger partial charge in [0.05, 0.1) is 18.4 Å². The van der Waals surface area contributed by atoms with Crippen LogP contribution >= 0.6 is 0 Å². The van der Waals surface area contributed by atoms with Gasteiger partial charge in [0.2, 0.25) is 0 Å². The van der Waals surface area contributed by atoms with E-state index in [0.717, 1.165) is 12.1 Å². The van der Waals surface area contributed by atoms with Crippen LogP contribution in [0.4, 0.5) is 23.2 Å². The van der Waals surface area contributed by atoms with Gasteiger partial charge >= 0.3 is 6.18 Å². The number of benzene rings is 3. The second-order valence-electron chi connectivity index (χ2n) is 6.96. The second-order valence-corrected chi connectivity index (χ2v) is 6.96. The van der Waals surface area contributed by atoms with Crippen molar-refractivity contribution in [3.63, 3.8) is 0 Å². The number of ether oxygens (including phenoxy) is 2. The van der Waals surface area contributed by atoms with E-state index in [0.29, 0.717) is 11.3 Å². The molecule has 34 heavy (non-hydrogen) atoms. The summed E-state index contributed by atoms with van der Waals surface area (Å²) in [7, 11) is 1.40. The Bertz CT molecular complexity index is 1250. The van der Waals surface area contributed by atoms with E-state index < -0.39 is 34.7 Å². The largest absolute Gasteiger partial charge is 0.493 e. The summed E-state index contributed by atoms with van der Waals surface area (Å²) >= 11 is 0. The highest BCUT2D eigenvalue weighted by molar-refractivity contribution is 6.10. The third-order valence-corrected chi connectivity index (χ3v) is 4.67. The van der Waals surface area contributed by atoms with Crippen molar-refractivity contribution >= 4 is 17.7 Å².